The van der Waals surface area contributed by atoms with Gasteiger partial charge in [-0.2, -0.15) is 0 Å². The summed E-state index contributed by atoms with van der Waals surface area (Å²) in [4.78, 5) is 31.3. The SMILES string of the molecule is CCNC(=NCCC1CC1)NCCN1C(=O)C2C3C=CC(C3)C2C1=O.I. The van der Waals surface area contributed by atoms with Crippen molar-refractivity contribution in [3.05, 3.63) is 12.2 Å². The molecule has 26 heavy (non-hydrogen) atoms. The molecule has 3 fully saturated rings. The van der Waals surface area contributed by atoms with E-state index in [1.165, 1.54) is 17.7 Å². The molecule has 0 aromatic carbocycles. The van der Waals surface area contributed by atoms with Gasteiger partial charge in [0.05, 0.1) is 11.8 Å². The summed E-state index contributed by atoms with van der Waals surface area (Å²) >= 11 is 0. The number of guanidine groups is 1. The van der Waals surface area contributed by atoms with Gasteiger partial charge in [0.1, 0.15) is 0 Å². The standard InChI is InChI=1S/C19H28N4O2.HI/c1-2-20-19(21-8-7-12-3-4-12)22-9-10-23-17(24)15-13-5-6-14(11-13)16(15)18(23)25;/h5-6,12-16H,2-4,7-11H2,1H3,(H2,20,21,22);1H. The highest BCUT2D eigenvalue weighted by atomic mass is 127. The predicted molar refractivity (Wildman–Crippen MR) is 111 cm³/mol. The second kappa shape index (κ2) is 8.27. The van der Waals surface area contributed by atoms with Gasteiger partial charge in [-0.25, -0.2) is 0 Å². The first kappa shape index (κ1) is 19.6. The van der Waals surface area contributed by atoms with Gasteiger partial charge in [0.25, 0.3) is 0 Å². The summed E-state index contributed by atoms with van der Waals surface area (Å²) in [6.07, 6.45) is 9.09. The average Bonchev–Trinajstić information content (AvgIpc) is 3.10. The number of carbonyl (C=O) groups excluding carboxylic acids is 2. The lowest BCUT2D eigenvalue weighted by Crippen LogP contribution is -2.43. The number of hydrogen-bond acceptors (Lipinski definition) is 3. The molecule has 3 aliphatic carbocycles. The lowest BCUT2D eigenvalue weighted by molar-refractivity contribution is -0.140. The zero-order valence-corrected chi connectivity index (χ0v) is 17.6. The van der Waals surface area contributed by atoms with Crippen molar-refractivity contribution in [2.45, 2.75) is 32.6 Å². The van der Waals surface area contributed by atoms with Gasteiger partial charge in [0.15, 0.2) is 5.96 Å². The van der Waals surface area contributed by atoms with E-state index in [0.717, 1.165) is 37.8 Å². The molecular weight excluding hydrogens is 443 g/mol. The molecule has 2 N–H and O–H groups in total. The minimum atomic E-state index is -0.0945. The van der Waals surface area contributed by atoms with E-state index in [4.69, 9.17) is 0 Å². The molecule has 0 spiro atoms. The van der Waals surface area contributed by atoms with Crippen LogP contribution in [-0.4, -0.2) is 48.9 Å². The van der Waals surface area contributed by atoms with Gasteiger partial charge in [-0.1, -0.05) is 25.0 Å². The molecule has 2 amide bonds. The molecule has 7 heteroatoms. The van der Waals surface area contributed by atoms with Gasteiger partial charge in [-0.05, 0) is 37.5 Å². The summed E-state index contributed by atoms with van der Waals surface area (Å²) < 4.78 is 0. The van der Waals surface area contributed by atoms with Crippen molar-refractivity contribution in [1.82, 2.24) is 15.5 Å². The van der Waals surface area contributed by atoms with Crippen molar-refractivity contribution >= 4 is 41.8 Å². The molecule has 4 atom stereocenters. The van der Waals surface area contributed by atoms with E-state index in [1.54, 1.807) is 0 Å². The number of amides is 2. The smallest absolute Gasteiger partial charge is 0.233 e. The van der Waals surface area contributed by atoms with Crippen LogP contribution in [0.3, 0.4) is 0 Å². The molecule has 2 bridgehead atoms. The Morgan fingerprint density at radius 3 is 2.38 bits per heavy atom. The topological polar surface area (TPSA) is 73.8 Å². The number of aliphatic imine (C=N–C) groups is 1. The fourth-order valence-corrected chi connectivity index (χ4v) is 4.58. The number of nitrogens with zero attached hydrogens (tertiary/aromatic N) is 2. The van der Waals surface area contributed by atoms with Crippen LogP contribution in [0.2, 0.25) is 0 Å². The third-order valence-electron chi connectivity index (χ3n) is 6.04. The van der Waals surface area contributed by atoms with Crippen LogP contribution in [0.25, 0.3) is 0 Å². The normalized spacial score (nSPS) is 32.0. The Labute approximate surface area is 172 Å². The monoisotopic (exact) mass is 472 g/mol. The predicted octanol–water partition coefficient (Wildman–Crippen LogP) is 1.77. The molecular formula is C19H29IN4O2. The van der Waals surface area contributed by atoms with Crippen LogP contribution in [0.15, 0.2) is 17.1 Å². The van der Waals surface area contributed by atoms with Crippen LogP contribution < -0.4 is 10.6 Å². The zero-order chi connectivity index (χ0) is 17.4. The molecule has 4 aliphatic rings. The van der Waals surface area contributed by atoms with E-state index in [9.17, 15) is 9.59 Å². The van der Waals surface area contributed by atoms with Crippen LogP contribution in [0.5, 0.6) is 0 Å². The van der Waals surface area contributed by atoms with E-state index in [1.807, 2.05) is 6.92 Å². The summed E-state index contributed by atoms with van der Waals surface area (Å²) in [5, 5.41) is 6.49. The second-order valence-corrected chi connectivity index (χ2v) is 7.75. The minimum Gasteiger partial charge on any atom is -0.357 e. The van der Waals surface area contributed by atoms with Crippen molar-refractivity contribution in [2.75, 3.05) is 26.2 Å². The van der Waals surface area contributed by atoms with E-state index < -0.39 is 0 Å². The summed E-state index contributed by atoms with van der Waals surface area (Å²) in [6.45, 7) is 4.65. The molecule has 4 unspecified atom stereocenters. The Bertz CT molecular complexity index is 587. The second-order valence-electron chi connectivity index (χ2n) is 7.75. The van der Waals surface area contributed by atoms with Crippen molar-refractivity contribution in [1.29, 1.82) is 0 Å². The highest BCUT2D eigenvalue weighted by molar-refractivity contribution is 14.0. The number of hydrogen-bond donors (Lipinski definition) is 2. The summed E-state index contributed by atoms with van der Waals surface area (Å²) in [5.74, 6) is 2.09. The number of rotatable bonds is 7. The van der Waals surface area contributed by atoms with Gasteiger partial charge in [0.2, 0.25) is 11.8 Å². The summed E-state index contributed by atoms with van der Waals surface area (Å²) in [7, 11) is 0. The minimum absolute atomic E-state index is 0. The van der Waals surface area contributed by atoms with E-state index in [2.05, 4.69) is 27.8 Å². The van der Waals surface area contributed by atoms with Crippen molar-refractivity contribution in [3.63, 3.8) is 0 Å². The van der Waals surface area contributed by atoms with E-state index in [0.29, 0.717) is 13.1 Å². The van der Waals surface area contributed by atoms with E-state index in [-0.39, 0.29) is 59.5 Å². The van der Waals surface area contributed by atoms with Crippen molar-refractivity contribution < 1.29 is 9.59 Å². The summed E-state index contributed by atoms with van der Waals surface area (Å²) in [5.41, 5.74) is 0. The largest absolute Gasteiger partial charge is 0.357 e. The number of carbonyl (C=O) groups is 2. The molecule has 1 heterocycles. The first-order chi connectivity index (χ1) is 12.2. The third-order valence-corrected chi connectivity index (χ3v) is 6.04. The zero-order valence-electron chi connectivity index (χ0n) is 15.3. The maximum atomic E-state index is 12.6. The lowest BCUT2D eigenvalue weighted by Gasteiger charge is -2.18. The maximum Gasteiger partial charge on any atom is 0.233 e. The van der Waals surface area contributed by atoms with Crippen LogP contribution in [0.1, 0.15) is 32.6 Å². The molecule has 0 radical (unpaired) electrons. The number of nitrogens with one attached hydrogen (secondary N) is 2. The Balaban J connectivity index is 0.00000196. The van der Waals surface area contributed by atoms with Crippen LogP contribution in [0.4, 0.5) is 0 Å². The van der Waals surface area contributed by atoms with Crippen molar-refractivity contribution in [2.24, 2.45) is 34.6 Å². The van der Waals surface area contributed by atoms with E-state index >= 15 is 0 Å². The van der Waals surface area contributed by atoms with Gasteiger partial charge < -0.3 is 10.6 Å². The Kier molecular flexibility index (Phi) is 6.25. The van der Waals surface area contributed by atoms with Gasteiger partial charge in [0, 0.05) is 26.2 Å². The van der Waals surface area contributed by atoms with Crippen LogP contribution >= 0.6 is 24.0 Å². The van der Waals surface area contributed by atoms with Crippen LogP contribution in [-0.2, 0) is 9.59 Å². The van der Waals surface area contributed by atoms with Crippen molar-refractivity contribution in [3.8, 4) is 0 Å². The van der Waals surface area contributed by atoms with Gasteiger partial charge in [-0.15, -0.1) is 24.0 Å². The quantitative estimate of drug-likeness (QED) is 0.195. The highest BCUT2D eigenvalue weighted by Gasteiger charge is 2.58. The maximum absolute atomic E-state index is 12.6. The number of halogens is 1. The first-order valence-corrected chi connectivity index (χ1v) is 9.74. The Morgan fingerprint density at radius 2 is 1.81 bits per heavy atom. The third kappa shape index (κ3) is 3.77. The number of fused-ring (bicyclic) bond motifs is 5. The van der Waals surface area contributed by atoms with Gasteiger partial charge >= 0.3 is 0 Å². The Morgan fingerprint density at radius 1 is 1.15 bits per heavy atom. The van der Waals surface area contributed by atoms with Gasteiger partial charge in [-0.3, -0.25) is 19.5 Å². The Hall–Kier alpha value is -1.12. The molecule has 4 rings (SSSR count). The molecule has 2 saturated carbocycles. The molecule has 1 aliphatic heterocycles. The number of likely N-dealkylation sites (tertiary alicyclic amines) is 1. The lowest BCUT2D eigenvalue weighted by atomic mass is 9.85. The molecule has 0 aromatic heterocycles. The molecule has 6 nitrogen and oxygen atoms in total. The number of imide groups is 1. The fourth-order valence-electron chi connectivity index (χ4n) is 4.58. The molecule has 1 saturated heterocycles. The van der Waals surface area contributed by atoms with Crippen LogP contribution in [0, 0.1) is 29.6 Å². The summed E-state index contributed by atoms with van der Waals surface area (Å²) in [6, 6.07) is 0. The molecule has 144 valence electrons. The molecule has 0 aromatic rings. The number of allylic oxidation sites excluding steroid dienone is 2. The first-order valence-electron chi connectivity index (χ1n) is 9.74. The fraction of sp³-hybridized carbons (Fsp3) is 0.737. The average molecular weight is 472 g/mol. The highest BCUT2D eigenvalue weighted by Crippen LogP contribution is 2.52.